The Morgan fingerprint density at radius 3 is 2.66 bits per heavy atom. The molecule has 3 heterocycles. The lowest BCUT2D eigenvalue weighted by Gasteiger charge is -2.23. The summed E-state index contributed by atoms with van der Waals surface area (Å²) in [5.41, 5.74) is 2.23. The molecule has 8 nitrogen and oxygen atoms in total. The summed E-state index contributed by atoms with van der Waals surface area (Å²) >= 11 is 1.23. The van der Waals surface area contributed by atoms with Gasteiger partial charge in [0.15, 0.2) is 16.3 Å². The zero-order valence-electron chi connectivity index (χ0n) is 21.2. The monoisotopic (exact) mass is 530 g/mol. The van der Waals surface area contributed by atoms with Gasteiger partial charge in [0.1, 0.15) is 22.9 Å². The van der Waals surface area contributed by atoms with Gasteiger partial charge in [-0.2, -0.15) is 0 Å². The molecule has 0 spiro atoms. The highest BCUT2D eigenvalue weighted by Crippen LogP contribution is 2.37. The van der Waals surface area contributed by atoms with Crippen LogP contribution in [0.15, 0.2) is 86.7 Å². The number of rotatable bonds is 8. The third kappa shape index (κ3) is 4.92. The number of thiazole rings is 1. The van der Waals surface area contributed by atoms with E-state index in [1.165, 1.54) is 15.9 Å². The summed E-state index contributed by atoms with van der Waals surface area (Å²) in [6, 6.07) is 18.1. The van der Waals surface area contributed by atoms with Crippen molar-refractivity contribution in [2.75, 3.05) is 13.7 Å². The van der Waals surface area contributed by atoms with Crippen LogP contribution in [-0.2, 0) is 16.1 Å². The van der Waals surface area contributed by atoms with E-state index in [4.69, 9.17) is 23.6 Å². The van der Waals surface area contributed by atoms with E-state index in [0.717, 1.165) is 5.56 Å². The predicted octanol–water partition coefficient (Wildman–Crippen LogP) is 4.09. The Morgan fingerprint density at radius 1 is 1.13 bits per heavy atom. The molecule has 4 aromatic rings. The number of nitrogens with zero attached hydrogens (tertiary/aromatic N) is 2. The maximum Gasteiger partial charge on any atom is 0.338 e. The van der Waals surface area contributed by atoms with Gasteiger partial charge in [0.05, 0.1) is 25.6 Å². The molecular weight excluding hydrogens is 504 g/mol. The van der Waals surface area contributed by atoms with E-state index in [-0.39, 0.29) is 12.2 Å². The molecule has 1 aliphatic heterocycles. The lowest BCUT2D eigenvalue weighted by Crippen LogP contribution is -2.35. The van der Waals surface area contributed by atoms with Crippen molar-refractivity contribution in [1.29, 1.82) is 0 Å². The van der Waals surface area contributed by atoms with E-state index in [2.05, 4.69) is 0 Å². The van der Waals surface area contributed by atoms with Crippen LogP contribution < -0.4 is 24.4 Å². The van der Waals surface area contributed by atoms with Crippen molar-refractivity contribution < 1.29 is 23.4 Å². The van der Waals surface area contributed by atoms with Gasteiger partial charge in [-0.15, -0.1) is 0 Å². The quantitative estimate of drug-likeness (QED) is 0.319. The van der Waals surface area contributed by atoms with Crippen molar-refractivity contribution in [2.45, 2.75) is 26.5 Å². The molecule has 0 amide bonds. The van der Waals surface area contributed by atoms with Crippen molar-refractivity contribution in [2.24, 2.45) is 4.99 Å². The number of fused-ring (bicyclic) bond motifs is 1. The molecule has 1 aliphatic rings. The van der Waals surface area contributed by atoms with Gasteiger partial charge in [-0.1, -0.05) is 47.7 Å². The Kier molecular flexibility index (Phi) is 7.28. The smallest absolute Gasteiger partial charge is 0.338 e. The van der Waals surface area contributed by atoms with Gasteiger partial charge in [0, 0.05) is 11.8 Å². The van der Waals surface area contributed by atoms with Crippen LogP contribution in [0.25, 0.3) is 11.8 Å². The van der Waals surface area contributed by atoms with Crippen LogP contribution in [0.2, 0.25) is 0 Å². The fourth-order valence-electron chi connectivity index (χ4n) is 4.27. The molecule has 0 N–H and O–H groups in total. The SMILES string of the molecule is CCOC(=O)C1=C(C)n2c(s/c(=C/c3ccco3)c2=O)=N[C@H]1c1ccc(OCc2ccccc2)c(OC)c1. The molecule has 1 atom stereocenters. The maximum atomic E-state index is 13.3. The minimum absolute atomic E-state index is 0.195. The molecule has 0 radical (unpaired) electrons. The number of carbonyl (C=O) groups excluding carboxylic acids is 1. The summed E-state index contributed by atoms with van der Waals surface area (Å²) < 4.78 is 24.3. The van der Waals surface area contributed by atoms with E-state index in [1.54, 1.807) is 57.6 Å². The van der Waals surface area contributed by atoms with Gasteiger partial charge in [0.2, 0.25) is 0 Å². The Balaban J connectivity index is 1.58. The molecule has 0 aliphatic carbocycles. The Morgan fingerprint density at radius 2 is 1.95 bits per heavy atom. The number of allylic oxidation sites excluding steroid dienone is 1. The Hall–Kier alpha value is -4.37. The number of methoxy groups -OCH3 is 1. The third-order valence-corrected chi connectivity index (χ3v) is 7.08. The molecular formula is C29H26N2O6S. The summed E-state index contributed by atoms with van der Waals surface area (Å²) in [5, 5.41) is 0. The number of furan rings is 1. The highest BCUT2D eigenvalue weighted by molar-refractivity contribution is 7.07. The van der Waals surface area contributed by atoms with E-state index in [9.17, 15) is 9.59 Å². The second-order valence-corrected chi connectivity index (χ2v) is 9.49. The average Bonchev–Trinajstić information content (AvgIpc) is 3.55. The number of hydrogen-bond donors (Lipinski definition) is 0. The summed E-state index contributed by atoms with van der Waals surface area (Å²) in [6.45, 7) is 4.05. The van der Waals surface area contributed by atoms with Gasteiger partial charge in [-0.3, -0.25) is 9.36 Å². The standard InChI is InChI=1S/C29H26N2O6S/c1-4-35-28(33)25-18(2)31-27(32)24(16-21-11-8-14-36-21)38-29(31)30-26(25)20-12-13-22(23(15-20)34-3)37-17-19-9-6-5-7-10-19/h5-16,26H,4,17H2,1-3H3/b24-16+/t26-/m0/s1. The maximum absolute atomic E-state index is 13.3. The van der Waals surface area contributed by atoms with Crippen LogP contribution in [0, 0.1) is 0 Å². The van der Waals surface area contributed by atoms with Crippen molar-refractivity contribution in [3.8, 4) is 11.5 Å². The molecule has 0 saturated carbocycles. The zero-order chi connectivity index (χ0) is 26.6. The molecule has 194 valence electrons. The third-order valence-electron chi connectivity index (χ3n) is 6.10. The molecule has 0 unspecified atom stereocenters. The van der Waals surface area contributed by atoms with Crippen LogP contribution in [-0.4, -0.2) is 24.3 Å². The first-order chi connectivity index (χ1) is 18.5. The highest BCUT2D eigenvalue weighted by atomic mass is 32.1. The molecule has 0 fully saturated rings. The Bertz CT molecular complexity index is 1670. The molecule has 2 aromatic carbocycles. The average molecular weight is 531 g/mol. The van der Waals surface area contributed by atoms with E-state index in [0.29, 0.717) is 50.0 Å². The second kappa shape index (κ2) is 10.9. The van der Waals surface area contributed by atoms with Crippen molar-refractivity contribution in [3.05, 3.63) is 109 Å². The van der Waals surface area contributed by atoms with Crippen LogP contribution in [0.5, 0.6) is 11.5 Å². The zero-order valence-corrected chi connectivity index (χ0v) is 22.0. The summed E-state index contributed by atoms with van der Waals surface area (Å²) in [4.78, 5) is 31.7. The molecule has 0 saturated heterocycles. The fourth-order valence-corrected chi connectivity index (χ4v) is 5.29. The summed E-state index contributed by atoms with van der Waals surface area (Å²) in [6.07, 6.45) is 3.21. The molecule has 5 rings (SSSR count). The number of benzene rings is 2. The van der Waals surface area contributed by atoms with Crippen molar-refractivity contribution in [1.82, 2.24) is 4.57 Å². The van der Waals surface area contributed by atoms with Crippen LogP contribution in [0.1, 0.15) is 36.8 Å². The molecule has 38 heavy (non-hydrogen) atoms. The Labute approximate surface area is 222 Å². The van der Waals surface area contributed by atoms with Crippen LogP contribution >= 0.6 is 11.3 Å². The molecule has 2 aromatic heterocycles. The van der Waals surface area contributed by atoms with E-state index >= 15 is 0 Å². The normalized spacial score (nSPS) is 15.1. The van der Waals surface area contributed by atoms with Crippen molar-refractivity contribution in [3.63, 3.8) is 0 Å². The van der Waals surface area contributed by atoms with Crippen molar-refractivity contribution >= 4 is 29.1 Å². The first-order valence-corrected chi connectivity index (χ1v) is 12.9. The van der Waals surface area contributed by atoms with Gasteiger partial charge >= 0.3 is 5.97 Å². The topological polar surface area (TPSA) is 92.3 Å². The highest BCUT2D eigenvalue weighted by Gasteiger charge is 2.32. The lowest BCUT2D eigenvalue weighted by molar-refractivity contribution is -0.138. The number of aromatic nitrogens is 1. The summed E-state index contributed by atoms with van der Waals surface area (Å²) in [5.74, 6) is 1.11. The number of carbonyl (C=O) groups is 1. The summed E-state index contributed by atoms with van der Waals surface area (Å²) in [7, 11) is 1.56. The number of ether oxygens (including phenoxy) is 3. The van der Waals surface area contributed by atoms with Gasteiger partial charge in [0.25, 0.3) is 5.56 Å². The van der Waals surface area contributed by atoms with Gasteiger partial charge in [-0.05, 0) is 49.2 Å². The predicted molar refractivity (Wildman–Crippen MR) is 144 cm³/mol. The van der Waals surface area contributed by atoms with E-state index in [1.807, 2.05) is 36.4 Å². The number of esters is 1. The molecule has 0 bridgehead atoms. The first kappa shape index (κ1) is 25.3. The van der Waals surface area contributed by atoms with E-state index < -0.39 is 12.0 Å². The molecule has 9 heteroatoms. The number of hydrogen-bond acceptors (Lipinski definition) is 8. The fraction of sp³-hybridized carbons (Fsp3) is 0.207. The van der Waals surface area contributed by atoms with Gasteiger partial charge in [-0.25, -0.2) is 9.79 Å². The van der Waals surface area contributed by atoms with Gasteiger partial charge < -0.3 is 18.6 Å². The van der Waals surface area contributed by atoms with Crippen LogP contribution in [0.4, 0.5) is 0 Å². The van der Waals surface area contributed by atoms with Crippen LogP contribution in [0.3, 0.4) is 0 Å². The minimum Gasteiger partial charge on any atom is -0.493 e. The minimum atomic E-state index is -0.694. The first-order valence-electron chi connectivity index (χ1n) is 12.1. The largest absolute Gasteiger partial charge is 0.493 e. The second-order valence-electron chi connectivity index (χ2n) is 8.48. The lowest BCUT2D eigenvalue weighted by atomic mass is 9.96.